The first-order valence-electron chi connectivity index (χ1n) is 11.1. The van der Waals surface area contributed by atoms with Crippen molar-refractivity contribution >= 4 is 22.0 Å². The van der Waals surface area contributed by atoms with Gasteiger partial charge in [-0.3, -0.25) is 4.79 Å². The second kappa shape index (κ2) is 10.3. The van der Waals surface area contributed by atoms with Gasteiger partial charge in [-0.15, -0.1) is 0 Å². The number of carbonyl (C=O) groups is 2. The summed E-state index contributed by atoms with van der Waals surface area (Å²) in [7, 11) is -2.44. The van der Waals surface area contributed by atoms with Crippen LogP contribution in [-0.2, 0) is 19.5 Å². The first-order chi connectivity index (χ1) is 15.5. The summed E-state index contributed by atoms with van der Waals surface area (Å²) in [5.41, 5.74) is -0.326. The third-order valence-corrected chi connectivity index (χ3v) is 7.42. The number of hydrogen-bond donors (Lipinski definition) is 1. The van der Waals surface area contributed by atoms with E-state index < -0.39 is 15.6 Å². The number of piperidine rings is 1. The van der Waals surface area contributed by atoms with E-state index in [-0.39, 0.29) is 47.3 Å². The van der Waals surface area contributed by atoms with Gasteiger partial charge in [0.15, 0.2) is 0 Å². The van der Waals surface area contributed by atoms with Gasteiger partial charge in [0.05, 0.1) is 20.3 Å². The molecule has 2 fully saturated rings. The summed E-state index contributed by atoms with van der Waals surface area (Å²) >= 11 is 0. The fourth-order valence-electron chi connectivity index (χ4n) is 3.75. The van der Waals surface area contributed by atoms with Gasteiger partial charge in [0.25, 0.3) is 5.91 Å². The Morgan fingerprint density at radius 2 is 1.73 bits per heavy atom. The van der Waals surface area contributed by atoms with E-state index in [9.17, 15) is 18.0 Å². The summed E-state index contributed by atoms with van der Waals surface area (Å²) in [5.74, 6) is -0.185. The van der Waals surface area contributed by atoms with Crippen LogP contribution in [0.5, 0.6) is 5.75 Å². The molecule has 3 rings (SSSR count). The first kappa shape index (κ1) is 25.3. The number of likely N-dealkylation sites (tertiary alicyclic amines) is 1. The maximum atomic E-state index is 13.1. The molecule has 0 aromatic heterocycles. The molecule has 0 unspecified atom stereocenters. The number of sulfonamides is 1. The fraction of sp³-hybridized carbons (Fsp3) is 0.636. The van der Waals surface area contributed by atoms with Crippen LogP contribution < -0.4 is 10.1 Å². The van der Waals surface area contributed by atoms with Crippen LogP contribution in [0.2, 0.25) is 0 Å². The average molecular weight is 484 g/mol. The minimum absolute atomic E-state index is 0.0423. The van der Waals surface area contributed by atoms with Gasteiger partial charge in [-0.05, 0) is 51.8 Å². The molecule has 0 bridgehead atoms. The van der Waals surface area contributed by atoms with E-state index in [4.69, 9.17) is 14.2 Å². The van der Waals surface area contributed by atoms with Crippen LogP contribution in [-0.4, -0.2) is 87.8 Å². The lowest BCUT2D eigenvalue weighted by molar-refractivity contribution is 0.0199. The van der Waals surface area contributed by atoms with Crippen molar-refractivity contribution in [2.45, 2.75) is 50.2 Å². The van der Waals surface area contributed by atoms with Crippen LogP contribution in [0.15, 0.2) is 23.1 Å². The molecule has 2 amide bonds. The van der Waals surface area contributed by atoms with Gasteiger partial charge in [0.2, 0.25) is 10.0 Å². The highest BCUT2D eigenvalue weighted by Crippen LogP contribution is 2.28. The van der Waals surface area contributed by atoms with E-state index in [0.29, 0.717) is 39.1 Å². The number of nitrogens with one attached hydrogen (secondary N) is 1. The Hall–Kier alpha value is -2.37. The molecule has 2 saturated heterocycles. The number of carbonyl (C=O) groups excluding carboxylic acids is 2. The van der Waals surface area contributed by atoms with Crippen molar-refractivity contribution in [2.75, 3.05) is 46.5 Å². The van der Waals surface area contributed by atoms with Crippen molar-refractivity contribution in [3.8, 4) is 5.75 Å². The van der Waals surface area contributed by atoms with Crippen molar-refractivity contribution in [3.05, 3.63) is 23.8 Å². The molecule has 1 aromatic rings. The molecule has 0 radical (unpaired) electrons. The van der Waals surface area contributed by atoms with Crippen LogP contribution >= 0.6 is 0 Å². The summed E-state index contributed by atoms with van der Waals surface area (Å²) in [6, 6.07) is 4.27. The number of morpholine rings is 1. The molecule has 0 spiro atoms. The summed E-state index contributed by atoms with van der Waals surface area (Å²) in [4.78, 5) is 26.7. The Bertz CT molecular complexity index is 961. The van der Waals surface area contributed by atoms with Crippen LogP contribution in [0, 0.1) is 0 Å². The SMILES string of the molecule is COc1ccc(C(=O)NC2CCN(C(=O)OC(C)(C)C)CC2)cc1S(=O)(=O)N1CCOCC1. The van der Waals surface area contributed by atoms with E-state index in [2.05, 4.69) is 5.32 Å². The van der Waals surface area contributed by atoms with E-state index in [1.807, 2.05) is 20.8 Å². The molecule has 2 aliphatic heterocycles. The number of nitrogens with zero attached hydrogens (tertiary/aromatic N) is 2. The lowest BCUT2D eigenvalue weighted by atomic mass is 10.0. The fourth-order valence-corrected chi connectivity index (χ4v) is 5.34. The molecular weight excluding hydrogens is 450 g/mol. The Balaban J connectivity index is 1.66. The molecule has 0 atom stereocenters. The predicted molar refractivity (Wildman–Crippen MR) is 121 cm³/mol. The van der Waals surface area contributed by atoms with Crippen LogP contribution in [0.1, 0.15) is 44.0 Å². The highest BCUT2D eigenvalue weighted by Gasteiger charge is 2.31. The quantitative estimate of drug-likeness (QED) is 0.680. The number of rotatable bonds is 5. The molecule has 10 nitrogen and oxygen atoms in total. The van der Waals surface area contributed by atoms with Gasteiger partial charge in [-0.25, -0.2) is 13.2 Å². The average Bonchev–Trinajstić information content (AvgIpc) is 2.78. The van der Waals surface area contributed by atoms with E-state index in [0.717, 1.165) is 0 Å². The van der Waals surface area contributed by atoms with Crippen LogP contribution in [0.3, 0.4) is 0 Å². The highest BCUT2D eigenvalue weighted by atomic mass is 32.2. The normalized spacial score (nSPS) is 18.6. The van der Waals surface area contributed by atoms with Crippen LogP contribution in [0.25, 0.3) is 0 Å². The van der Waals surface area contributed by atoms with E-state index in [1.165, 1.54) is 23.5 Å². The molecule has 1 N–H and O–H groups in total. The summed E-state index contributed by atoms with van der Waals surface area (Å²) < 4.78 is 43.5. The van der Waals surface area contributed by atoms with Crippen molar-refractivity contribution in [3.63, 3.8) is 0 Å². The lowest BCUT2D eigenvalue weighted by Crippen LogP contribution is -2.47. The van der Waals surface area contributed by atoms with Gasteiger partial charge in [0, 0.05) is 37.8 Å². The Morgan fingerprint density at radius 1 is 1.09 bits per heavy atom. The topological polar surface area (TPSA) is 114 Å². The Kier molecular flexibility index (Phi) is 7.86. The van der Waals surface area contributed by atoms with Gasteiger partial charge in [0.1, 0.15) is 16.2 Å². The van der Waals surface area contributed by atoms with Crippen molar-refractivity contribution in [1.82, 2.24) is 14.5 Å². The number of ether oxygens (including phenoxy) is 3. The molecule has 184 valence electrons. The molecule has 0 saturated carbocycles. The molecule has 11 heteroatoms. The number of benzene rings is 1. The predicted octanol–water partition coefficient (Wildman–Crippen LogP) is 1.85. The zero-order chi connectivity index (χ0) is 24.2. The third-order valence-electron chi connectivity index (χ3n) is 5.50. The zero-order valence-electron chi connectivity index (χ0n) is 19.6. The number of methoxy groups -OCH3 is 1. The number of hydrogen-bond acceptors (Lipinski definition) is 7. The summed E-state index contributed by atoms with van der Waals surface area (Å²) in [6.45, 7) is 7.54. The van der Waals surface area contributed by atoms with Crippen molar-refractivity contribution in [1.29, 1.82) is 0 Å². The Labute approximate surface area is 195 Å². The molecule has 2 heterocycles. The van der Waals surface area contributed by atoms with Gasteiger partial charge in [-0.2, -0.15) is 4.31 Å². The molecule has 2 aliphatic rings. The van der Waals surface area contributed by atoms with Crippen molar-refractivity contribution < 1.29 is 32.2 Å². The van der Waals surface area contributed by atoms with E-state index in [1.54, 1.807) is 11.0 Å². The summed E-state index contributed by atoms with van der Waals surface area (Å²) in [6.07, 6.45) is 0.806. The monoisotopic (exact) mass is 483 g/mol. The minimum atomic E-state index is -3.84. The van der Waals surface area contributed by atoms with Crippen molar-refractivity contribution in [2.24, 2.45) is 0 Å². The largest absolute Gasteiger partial charge is 0.495 e. The summed E-state index contributed by atoms with van der Waals surface area (Å²) in [5, 5.41) is 2.95. The first-order valence-corrected chi connectivity index (χ1v) is 12.5. The van der Waals surface area contributed by atoms with Gasteiger partial charge < -0.3 is 24.4 Å². The van der Waals surface area contributed by atoms with Crippen LogP contribution in [0.4, 0.5) is 4.79 Å². The smallest absolute Gasteiger partial charge is 0.410 e. The molecular formula is C22H33N3O7S. The minimum Gasteiger partial charge on any atom is -0.495 e. The second-order valence-electron chi connectivity index (χ2n) is 9.10. The third kappa shape index (κ3) is 6.36. The second-order valence-corrected chi connectivity index (χ2v) is 11.0. The van der Waals surface area contributed by atoms with Gasteiger partial charge in [-0.1, -0.05) is 0 Å². The number of amides is 2. The molecule has 1 aromatic carbocycles. The maximum absolute atomic E-state index is 13.1. The molecule has 33 heavy (non-hydrogen) atoms. The molecule has 0 aliphatic carbocycles. The van der Waals surface area contributed by atoms with E-state index >= 15 is 0 Å². The highest BCUT2D eigenvalue weighted by molar-refractivity contribution is 7.89. The Morgan fingerprint density at radius 3 is 2.30 bits per heavy atom. The van der Waals surface area contributed by atoms with Gasteiger partial charge >= 0.3 is 6.09 Å². The lowest BCUT2D eigenvalue weighted by Gasteiger charge is -2.33. The zero-order valence-corrected chi connectivity index (χ0v) is 20.4. The maximum Gasteiger partial charge on any atom is 0.410 e. The standard InChI is InChI=1S/C22H33N3O7S/c1-22(2,3)32-21(27)24-9-7-17(8-10-24)23-20(26)16-5-6-18(30-4)19(15-16)33(28,29)25-11-13-31-14-12-25/h5-6,15,17H,7-14H2,1-4H3,(H,23,26).